The van der Waals surface area contributed by atoms with Crippen LogP contribution in [0.1, 0.15) is 32.6 Å². The third kappa shape index (κ3) is 3.74. The molecule has 19 heavy (non-hydrogen) atoms. The molecule has 0 aliphatic carbocycles. The summed E-state index contributed by atoms with van der Waals surface area (Å²) in [6.45, 7) is 3.25. The molecule has 1 aromatic carbocycles. The number of likely N-dealkylation sites (tertiary alicyclic amines) is 1. The van der Waals surface area contributed by atoms with Crippen LogP contribution in [0.2, 0.25) is 10.0 Å². The van der Waals surface area contributed by atoms with E-state index >= 15 is 0 Å². The highest BCUT2D eigenvalue weighted by Crippen LogP contribution is 2.26. The highest BCUT2D eigenvalue weighted by atomic mass is 35.5. The van der Waals surface area contributed by atoms with Crippen LogP contribution in [0.5, 0.6) is 0 Å². The fraction of sp³-hybridized carbons (Fsp3) is 0.500. The molecular formula is C14H18Cl2N2S. The Kier molecular flexibility index (Phi) is 5.31. The van der Waals surface area contributed by atoms with Crippen molar-refractivity contribution in [1.82, 2.24) is 4.90 Å². The van der Waals surface area contributed by atoms with E-state index in [1.54, 1.807) is 12.1 Å². The zero-order valence-electron chi connectivity index (χ0n) is 11.0. The van der Waals surface area contributed by atoms with E-state index in [9.17, 15) is 0 Å². The Morgan fingerprint density at radius 2 is 2.16 bits per heavy atom. The van der Waals surface area contributed by atoms with E-state index in [2.05, 4.69) is 17.1 Å². The molecule has 1 saturated heterocycles. The van der Waals surface area contributed by atoms with Gasteiger partial charge in [-0.3, -0.25) is 0 Å². The lowest BCUT2D eigenvalue weighted by atomic mass is 10.0. The molecule has 1 N–H and O–H groups in total. The quantitative estimate of drug-likeness (QED) is 0.777. The minimum atomic E-state index is 0.542. The van der Waals surface area contributed by atoms with E-state index in [0.29, 0.717) is 16.1 Å². The average molecular weight is 317 g/mol. The first-order chi connectivity index (χ1) is 9.11. The van der Waals surface area contributed by atoms with Gasteiger partial charge in [0.25, 0.3) is 0 Å². The van der Waals surface area contributed by atoms with Gasteiger partial charge in [0.15, 0.2) is 5.11 Å². The highest BCUT2D eigenvalue weighted by molar-refractivity contribution is 7.80. The van der Waals surface area contributed by atoms with Crippen molar-refractivity contribution in [2.45, 2.75) is 38.6 Å². The van der Waals surface area contributed by atoms with Crippen LogP contribution in [0.3, 0.4) is 0 Å². The molecule has 5 heteroatoms. The van der Waals surface area contributed by atoms with Gasteiger partial charge in [0.1, 0.15) is 0 Å². The first-order valence-electron chi connectivity index (χ1n) is 6.64. The zero-order chi connectivity index (χ0) is 13.8. The van der Waals surface area contributed by atoms with Crippen molar-refractivity contribution in [3.63, 3.8) is 0 Å². The van der Waals surface area contributed by atoms with Crippen LogP contribution < -0.4 is 5.32 Å². The molecule has 0 aromatic heterocycles. The van der Waals surface area contributed by atoms with Gasteiger partial charge in [0, 0.05) is 18.3 Å². The second kappa shape index (κ2) is 6.78. The summed E-state index contributed by atoms with van der Waals surface area (Å²) in [4.78, 5) is 2.29. The molecule has 0 amide bonds. The minimum Gasteiger partial charge on any atom is -0.346 e. The number of anilines is 1. The van der Waals surface area contributed by atoms with Crippen LogP contribution in [0.25, 0.3) is 0 Å². The molecule has 1 heterocycles. The zero-order valence-corrected chi connectivity index (χ0v) is 13.3. The fourth-order valence-corrected chi connectivity index (χ4v) is 3.12. The van der Waals surface area contributed by atoms with Crippen molar-refractivity contribution in [3.05, 3.63) is 28.2 Å². The Morgan fingerprint density at radius 3 is 2.84 bits per heavy atom. The number of nitrogens with zero attached hydrogens (tertiary/aromatic N) is 1. The van der Waals surface area contributed by atoms with Gasteiger partial charge >= 0.3 is 0 Å². The Labute approximate surface area is 130 Å². The van der Waals surface area contributed by atoms with E-state index < -0.39 is 0 Å². The average Bonchev–Trinajstić information content (AvgIpc) is 2.43. The van der Waals surface area contributed by atoms with E-state index in [1.165, 1.54) is 19.3 Å². The topological polar surface area (TPSA) is 15.3 Å². The molecule has 1 aliphatic heterocycles. The Morgan fingerprint density at radius 1 is 1.37 bits per heavy atom. The van der Waals surface area contributed by atoms with Gasteiger partial charge in [0.05, 0.1) is 10.0 Å². The lowest BCUT2D eigenvalue weighted by molar-refractivity contribution is 0.239. The smallest absolute Gasteiger partial charge is 0.173 e. The lowest BCUT2D eigenvalue weighted by Crippen LogP contribution is -2.45. The molecule has 1 fully saturated rings. The number of hydrogen-bond donors (Lipinski definition) is 1. The number of piperidine rings is 1. The van der Waals surface area contributed by atoms with Crippen molar-refractivity contribution < 1.29 is 0 Å². The standard InChI is InChI=1S/C14H18Cl2N2S/c1-2-11-5-3-4-8-18(11)14(19)17-10-6-7-12(15)13(16)9-10/h6-7,9,11H,2-5,8H2,1H3,(H,17,19)/t11-/m0/s1. The second-order valence-electron chi connectivity index (χ2n) is 4.81. The third-order valence-electron chi connectivity index (χ3n) is 3.53. The second-order valence-corrected chi connectivity index (χ2v) is 6.01. The van der Waals surface area contributed by atoms with Crippen LogP contribution in [0, 0.1) is 0 Å². The Bertz CT molecular complexity index is 465. The number of halogens is 2. The Hall–Kier alpha value is -0.510. The molecule has 2 rings (SSSR count). The van der Waals surface area contributed by atoms with E-state index in [4.69, 9.17) is 35.4 Å². The number of hydrogen-bond acceptors (Lipinski definition) is 1. The predicted octanol–water partition coefficient (Wildman–Crippen LogP) is 4.95. The van der Waals surface area contributed by atoms with Crippen LogP contribution in [-0.2, 0) is 0 Å². The normalized spacial score (nSPS) is 19.3. The number of rotatable bonds is 2. The lowest BCUT2D eigenvalue weighted by Gasteiger charge is -2.37. The van der Waals surface area contributed by atoms with E-state index in [0.717, 1.165) is 23.8 Å². The summed E-state index contributed by atoms with van der Waals surface area (Å²) in [6.07, 6.45) is 4.85. The number of benzene rings is 1. The molecule has 1 aliphatic rings. The first-order valence-corrected chi connectivity index (χ1v) is 7.81. The van der Waals surface area contributed by atoms with Crippen LogP contribution in [0.4, 0.5) is 5.69 Å². The largest absolute Gasteiger partial charge is 0.346 e. The molecule has 0 spiro atoms. The summed E-state index contributed by atoms with van der Waals surface area (Å²) in [5.41, 5.74) is 0.889. The molecule has 0 radical (unpaired) electrons. The maximum atomic E-state index is 6.01. The predicted molar refractivity (Wildman–Crippen MR) is 87.3 cm³/mol. The van der Waals surface area contributed by atoms with Gasteiger partial charge in [-0.05, 0) is 56.1 Å². The van der Waals surface area contributed by atoms with Gasteiger partial charge in [0.2, 0.25) is 0 Å². The van der Waals surface area contributed by atoms with Crippen molar-refractivity contribution >= 4 is 46.2 Å². The molecule has 2 nitrogen and oxygen atoms in total. The maximum absolute atomic E-state index is 6.01. The number of thiocarbonyl (C=S) groups is 1. The molecule has 104 valence electrons. The van der Waals surface area contributed by atoms with E-state index in [-0.39, 0.29) is 0 Å². The monoisotopic (exact) mass is 316 g/mol. The van der Waals surface area contributed by atoms with Crippen LogP contribution in [-0.4, -0.2) is 22.6 Å². The molecule has 1 atom stereocenters. The highest BCUT2D eigenvalue weighted by Gasteiger charge is 2.22. The minimum absolute atomic E-state index is 0.542. The van der Waals surface area contributed by atoms with Crippen molar-refractivity contribution in [2.24, 2.45) is 0 Å². The summed E-state index contributed by atoms with van der Waals surface area (Å²) in [6, 6.07) is 6.03. The Balaban J connectivity index is 2.05. The van der Waals surface area contributed by atoms with Gasteiger partial charge in [-0.2, -0.15) is 0 Å². The third-order valence-corrected chi connectivity index (χ3v) is 4.61. The van der Waals surface area contributed by atoms with Crippen LogP contribution in [0.15, 0.2) is 18.2 Å². The summed E-state index contributed by atoms with van der Waals surface area (Å²) < 4.78 is 0. The summed E-state index contributed by atoms with van der Waals surface area (Å²) in [5, 5.41) is 5.14. The SMILES string of the molecule is CC[C@H]1CCCCN1C(=S)Nc1ccc(Cl)c(Cl)c1. The molecular weight excluding hydrogens is 299 g/mol. The van der Waals surface area contributed by atoms with Crippen molar-refractivity contribution in [3.8, 4) is 0 Å². The van der Waals surface area contributed by atoms with Gasteiger partial charge < -0.3 is 10.2 Å². The first kappa shape index (κ1) is 14.9. The molecule has 0 bridgehead atoms. The summed E-state index contributed by atoms with van der Waals surface area (Å²) >= 11 is 17.4. The van der Waals surface area contributed by atoms with Crippen molar-refractivity contribution in [1.29, 1.82) is 0 Å². The molecule has 1 aromatic rings. The summed E-state index contributed by atoms with van der Waals surface area (Å²) in [7, 11) is 0. The van der Waals surface area contributed by atoms with Gasteiger partial charge in [-0.25, -0.2) is 0 Å². The maximum Gasteiger partial charge on any atom is 0.173 e. The molecule has 0 unspecified atom stereocenters. The van der Waals surface area contributed by atoms with Crippen molar-refractivity contribution in [2.75, 3.05) is 11.9 Å². The molecule has 0 saturated carbocycles. The van der Waals surface area contributed by atoms with Crippen LogP contribution >= 0.6 is 35.4 Å². The van der Waals surface area contributed by atoms with Gasteiger partial charge in [-0.1, -0.05) is 30.1 Å². The fourth-order valence-electron chi connectivity index (χ4n) is 2.46. The summed E-state index contributed by atoms with van der Waals surface area (Å²) in [5.74, 6) is 0. The number of nitrogens with one attached hydrogen (secondary N) is 1. The van der Waals surface area contributed by atoms with Gasteiger partial charge in [-0.15, -0.1) is 0 Å². The van der Waals surface area contributed by atoms with E-state index in [1.807, 2.05) is 6.07 Å².